The Hall–Kier alpha value is -0.610. The fraction of sp³-hybridized carbons (Fsp3) is 0.929. The molecule has 4 heteroatoms. The van der Waals surface area contributed by atoms with Gasteiger partial charge in [0.2, 0.25) is 0 Å². The molecule has 106 valence electrons. The van der Waals surface area contributed by atoms with Crippen LogP contribution < -0.4 is 5.32 Å². The number of ether oxygens (including phenoxy) is 1. The molecule has 0 aromatic carbocycles. The number of nitrogens with one attached hydrogen (secondary N) is 1. The Kier molecular flexibility index (Phi) is 5.60. The number of carbonyl (C=O) groups excluding carboxylic acids is 1. The number of nitrogens with zero attached hydrogens (tertiary/aromatic N) is 1. The summed E-state index contributed by atoms with van der Waals surface area (Å²) in [5.74, 6) is -0.106. The van der Waals surface area contributed by atoms with Crippen molar-refractivity contribution in [3.63, 3.8) is 0 Å². The van der Waals surface area contributed by atoms with Crippen LogP contribution in [0, 0.1) is 0 Å². The molecule has 18 heavy (non-hydrogen) atoms. The van der Waals surface area contributed by atoms with E-state index in [-0.39, 0.29) is 12.0 Å². The van der Waals surface area contributed by atoms with Gasteiger partial charge in [0.05, 0.1) is 7.11 Å². The van der Waals surface area contributed by atoms with Gasteiger partial charge in [0.1, 0.15) is 5.54 Å². The van der Waals surface area contributed by atoms with Gasteiger partial charge in [-0.15, -0.1) is 0 Å². The van der Waals surface area contributed by atoms with Crippen molar-refractivity contribution in [2.24, 2.45) is 0 Å². The maximum Gasteiger partial charge on any atom is 0.326 e. The average Bonchev–Trinajstić information content (AvgIpc) is 2.36. The maximum atomic E-state index is 12.2. The zero-order valence-electron chi connectivity index (χ0n) is 12.5. The monoisotopic (exact) mass is 256 g/mol. The molecule has 0 spiro atoms. The van der Waals surface area contributed by atoms with Gasteiger partial charge in [0, 0.05) is 12.1 Å². The summed E-state index contributed by atoms with van der Waals surface area (Å²) >= 11 is 0. The van der Waals surface area contributed by atoms with Gasteiger partial charge in [-0.05, 0) is 53.1 Å². The summed E-state index contributed by atoms with van der Waals surface area (Å²) < 4.78 is 5.04. The summed E-state index contributed by atoms with van der Waals surface area (Å²) in [6.07, 6.45) is 3.97. The van der Waals surface area contributed by atoms with Crippen LogP contribution in [0.2, 0.25) is 0 Å². The van der Waals surface area contributed by atoms with Gasteiger partial charge in [-0.2, -0.15) is 0 Å². The van der Waals surface area contributed by atoms with Crippen LogP contribution in [0.1, 0.15) is 46.5 Å². The Morgan fingerprint density at radius 1 is 1.56 bits per heavy atom. The van der Waals surface area contributed by atoms with E-state index >= 15 is 0 Å². The minimum Gasteiger partial charge on any atom is -0.468 e. The van der Waals surface area contributed by atoms with E-state index in [2.05, 4.69) is 38.0 Å². The van der Waals surface area contributed by atoms with E-state index in [4.69, 9.17) is 4.74 Å². The SMILES string of the molecule is CCN(C)C1CCCC(NC(C)C)(C(=O)OC)C1. The first-order valence-electron chi connectivity index (χ1n) is 7.01. The molecule has 1 rings (SSSR count). The van der Waals surface area contributed by atoms with Gasteiger partial charge in [-0.1, -0.05) is 6.92 Å². The third-order valence-electron chi connectivity index (χ3n) is 3.99. The van der Waals surface area contributed by atoms with Crippen molar-refractivity contribution in [3.8, 4) is 0 Å². The quantitative estimate of drug-likeness (QED) is 0.762. The van der Waals surface area contributed by atoms with Gasteiger partial charge in [-0.25, -0.2) is 0 Å². The molecule has 1 saturated carbocycles. The molecular formula is C14H28N2O2. The molecule has 1 fully saturated rings. The van der Waals surface area contributed by atoms with E-state index in [1.54, 1.807) is 0 Å². The van der Waals surface area contributed by atoms with E-state index < -0.39 is 5.54 Å². The minimum absolute atomic E-state index is 0.106. The zero-order valence-corrected chi connectivity index (χ0v) is 12.5. The van der Waals surface area contributed by atoms with Gasteiger partial charge >= 0.3 is 5.97 Å². The molecule has 1 aliphatic rings. The fourth-order valence-electron chi connectivity index (χ4n) is 3.00. The summed E-state index contributed by atoms with van der Waals surface area (Å²) in [6.45, 7) is 7.34. The van der Waals surface area contributed by atoms with E-state index in [1.165, 1.54) is 13.5 Å². The second-order valence-electron chi connectivity index (χ2n) is 5.70. The number of rotatable bonds is 5. The number of carbonyl (C=O) groups is 1. The molecule has 2 atom stereocenters. The predicted octanol–water partition coefficient (Wildman–Crippen LogP) is 1.79. The number of hydrogen-bond donors (Lipinski definition) is 1. The van der Waals surface area contributed by atoms with Crippen LogP contribution in [0.3, 0.4) is 0 Å². The molecule has 0 saturated heterocycles. The van der Waals surface area contributed by atoms with Crippen molar-refractivity contribution < 1.29 is 9.53 Å². The van der Waals surface area contributed by atoms with Crippen LogP contribution in [0.15, 0.2) is 0 Å². The van der Waals surface area contributed by atoms with Crippen LogP contribution in [0.5, 0.6) is 0 Å². The van der Waals surface area contributed by atoms with Gasteiger partial charge in [-0.3, -0.25) is 10.1 Å². The van der Waals surface area contributed by atoms with Crippen LogP contribution in [0.25, 0.3) is 0 Å². The maximum absolute atomic E-state index is 12.2. The second-order valence-corrected chi connectivity index (χ2v) is 5.70. The van der Waals surface area contributed by atoms with E-state index in [0.717, 1.165) is 25.8 Å². The number of esters is 1. The largest absolute Gasteiger partial charge is 0.468 e. The molecule has 1 N–H and O–H groups in total. The first-order chi connectivity index (χ1) is 8.45. The molecule has 0 aromatic heterocycles. The Morgan fingerprint density at radius 2 is 2.22 bits per heavy atom. The van der Waals surface area contributed by atoms with Crippen LogP contribution in [-0.2, 0) is 9.53 Å². The molecule has 2 unspecified atom stereocenters. The lowest BCUT2D eigenvalue weighted by Crippen LogP contribution is -2.60. The van der Waals surface area contributed by atoms with E-state index in [9.17, 15) is 4.79 Å². The second kappa shape index (κ2) is 6.53. The molecule has 0 aromatic rings. The Bertz CT molecular complexity index is 281. The molecule has 4 nitrogen and oxygen atoms in total. The molecule has 0 aliphatic heterocycles. The summed E-state index contributed by atoms with van der Waals surface area (Å²) in [4.78, 5) is 14.5. The van der Waals surface area contributed by atoms with Crippen LogP contribution in [0.4, 0.5) is 0 Å². The standard InChI is InChI=1S/C14H28N2O2/c1-6-16(4)12-8-7-9-14(10-12,13(17)18-5)15-11(2)3/h11-12,15H,6-10H2,1-5H3. The Balaban J connectivity index is 2.85. The normalized spacial score (nSPS) is 28.7. The molecule has 0 amide bonds. The number of hydrogen-bond acceptors (Lipinski definition) is 4. The van der Waals surface area contributed by atoms with Crippen LogP contribution >= 0.6 is 0 Å². The van der Waals surface area contributed by atoms with Crippen molar-refractivity contribution >= 4 is 5.97 Å². The summed E-state index contributed by atoms with van der Waals surface area (Å²) in [6, 6.07) is 0.754. The Labute approximate surface area is 111 Å². The lowest BCUT2D eigenvalue weighted by molar-refractivity contribution is -0.151. The van der Waals surface area contributed by atoms with Gasteiger partial charge < -0.3 is 9.64 Å². The molecule has 0 heterocycles. The summed E-state index contributed by atoms with van der Waals surface area (Å²) in [7, 11) is 3.62. The highest BCUT2D eigenvalue weighted by Gasteiger charge is 2.44. The van der Waals surface area contributed by atoms with Crippen molar-refractivity contribution in [1.82, 2.24) is 10.2 Å². The lowest BCUT2D eigenvalue weighted by Gasteiger charge is -2.43. The Morgan fingerprint density at radius 3 is 2.72 bits per heavy atom. The smallest absolute Gasteiger partial charge is 0.326 e. The van der Waals surface area contributed by atoms with E-state index in [1.807, 2.05) is 0 Å². The third-order valence-corrected chi connectivity index (χ3v) is 3.99. The van der Waals surface area contributed by atoms with Crippen LogP contribution in [-0.4, -0.2) is 49.2 Å². The summed E-state index contributed by atoms with van der Waals surface area (Å²) in [5.41, 5.74) is -0.491. The van der Waals surface area contributed by atoms with Crippen molar-refractivity contribution in [1.29, 1.82) is 0 Å². The number of methoxy groups -OCH3 is 1. The third kappa shape index (κ3) is 3.45. The lowest BCUT2D eigenvalue weighted by atomic mass is 9.78. The molecular weight excluding hydrogens is 228 g/mol. The highest BCUT2D eigenvalue weighted by atomic mass is 16.5. The molecule has 1 aliphatic carbocycles. The zero-order chi connectivity index (χ0) is 13.8. The molecule has 0 bridgehead atoms. The highest BCUT2D eigenvalue weighted by Crippen LogP contribution is 2.32. The topological polar surface area (TPSA) is 41.6 Å². The van der Waals surface area contributed by atoms with Crippen molar-refractivity contribution in [2.45, 2.75) is 64.1 Å². The average molecular weight is 256 g/mol. The van der Waals surface area contributed by atoms with Gasteiger partial charge in [0.15, 0.2) is 0 Å². The fourth-order valence-corrected chi connectivity index (χ4v) is 3.00. The van der Waals surface area contributed by atoms with Crippen molar-refractivity contribution in [2.75, 3.05) is 20.7 Å². The first-order valence-corrected chi connectivity index (χ1v) is 7.01. The van der Waals surface area contributed by atoms with Gasteiger partial charge in [0.25, 0.3) is 0 Å². The minimum atomic E-state index is -0.491. The molecule has 0 radical (unpaired) electrons. The predicted molar refractivity (Wildman–Crippen MR) is 73.6 cm³/mol. The first kappa shape index (κ1) is 15.4. The highest BCUT2D eigenvalue weighted by molar-refractivity contribution is 5.81. The summed E-state index contributed by atoms with van der Waals surface area (Å²) in [5, 5.41) is 3.45. The van der Waals surface area contributed by atoms with Crippen molar-refractivity contribution in [3.05, 3.63) is 0 Å². The van der Waals surface area contributed by atoms with E-state index in [0.29, 0.717) is 6.04 Å².